The molecule has 0 aliphatic carbocycles. The Morgan fingerprint density at radius 2 is 1.58 bits per heavy atom. The van der Waals surface area contributed by atoms with Gasteiger partial charge in [0.1, 0.15) is 5.75 Å². The standard InChI is InChI=1S/C25H34N4O2/c1-21-6-5-7-22(18-21)19-26-10-12-27(13-11-26)20-25(30)29-16-14-28(15-17-29)23-8-3-4-9-24(23)31-2/h3-9,18H,10-17,19-20H2,1-2H3. The van der Waals surface area contributed by atoms with Gasteiger partial charge in [0.2, 0.25) is 5.91 Å². The minimum Gasteiger partial charge on any atom is -0.495 e. The topological polar surface area (TPSA) is 39.3 Å². The lowest BCUT2D eigenvalue weighted by atomic mass is 10.1. The van der Waals surface area contributed by atoms with Gasteiger partial charge in [-0.25, -0.2) is 0 Å². The predicted octanol–water partition coefficient (Wildman–Crippen LogP) is 2.47. The molecule has 2 aromatic rings. The molecular formula is C25H34N4O2. The van der Waals surface area contributed by atoms with Gasteiger partial charge in [-0.15, -0.1) is 0 Å². The van der Waals surface area contributed by atoms with E-state index in [0.29, 0.717) is 6.54 Å². The van der Waals surface area contributed by atoms with E-state index >= 15 is 0 Å². The first-order valence-electron chi connectivity index (χ1n) is 11.3. The molecular weight excluding hydrogens is 388 g/mol. The van der Waals surface area contributed by atoms with Crippen LogP contribution in [0, 0.1) is 6.92 Å². The Balaban J connectivity index is 1.21. The third-order valence-corrected chi connectivity index (χ3v) is 6.37. The van der Waals surface area contributed by atoms with E-state index in [0.717, 1.165) is 70.3 Å². The smallest absolute Gasteiger partial charge is 0.236 e. The van der Waals surface area contributed by atoms with E-state index in [1.54, 1.807) is 7.11 Å². The van der Waals surface area contributed by atoms with Gasteiger partial charge in [0.05, 0.1) is 19.3 Å². The Morgan fingerprint density at radius 3 is 2.29 bits per heavy atom. The van der Waals surface area contributed by atoms with Crippen LogP contribution in [0.3, 0.4) is 0 Å². The van der Waals surface area contributed by atoms with Crippen molar-refractivity contribution in [2.45, 2.75) is 13.5 Å². The zero-order valence-electron chi connectivity index (χ0n) is 18.8. The number of aryl methyl sites for hydroxylation is 1. The van der Waals surface area contributed by atoms with Gasteiger partial charge in [-0.05, 0) is 24.6 Å². The van der Waals surface area contributed by atoms with Crippen LogP contribution in [0.4, 0.5) is 5.69 Å². The lowest BCUT2D eigenvalue weighted by Gasteiger charge is -2.39. The highest BCUT2D eigenvalue weighted by molar-refractivity contribution is 5.78. The van der Waals surface area contributed by atoms with Crippen molar-refractivity contribution < 1.29 is 9.53 Å². The third-order valence-electron chi connectivity index (χ3n) is 6.37. The predicted molar refractivity (Wildman–Crippen MR) is 125 cm³/mol. The van der Waals surface area contributed by atoms with Crippen molar-refractivity contribution in [2.75, 3.05) is 70.9 Å². The number of nitrogens with zero attached hydrogens (tertiary/aromatic N) is 4. The number of hydrogen-bond acceptors (Lipinski definition) is 5. The van der Waals surface area contributed by atoms with Crippen LogP contribution >= 0.6 is 0 Å². The van der Waals surface area contributed by atoms with Crippen LogP contribution in [0.5, 0.6) is 5.75 Å². The summed E-state index contributed by atoms with van der Waals surface area (Å²) in [5.74, 6) is 1.15. The van der Waals surface area contributed by atoms with Crippen molar-refractivity contribution in [1.29, 1.82) is 0 Å². The number of carbonyl (C=O) groups is 1. The van der Waals surface area contributed by atoms with Gasteiger partial charge in [-0.1, -0.05) is 42.0 Å². The van der Waals surface area contributed by atoms with Crippen LogP contribution < -0.4 is 9.64 Å². The monoisotopic (exact) mass is 422 g/mol. The molecule has 1 amide bonds. The number of piperazine rings is 2. The van der Waals surface area contributed by atoms with E-state index in [2.05, 4.69) is 52.0 Å². The van der Waals surface area contributed by atoms with Crippen molar-refractivity contribution in [3.8, 4) is 5.75 Å². The zero-order chi connectivity index (χ0) is 21.6. The summed E-state index contributed by atoms with van der Waals surface area (Å²) in [5, 5.41) is 0. The number of ether oxygens (including phenoxy) is 1. The summed E-state index contributed by atoms with van der Waals surface area (Å²) in [6, 6.07) is 16.8. The van der Waals surface area contributed by atoms with E-state index in [4.69, 9.17) is 4.74 Å². The fraction of sp³-hybridized carbons (Fsp3) is 0.480. The minimum absolute atomic E-state index is 0.256. The molecule has 2 aromatic carbocycles. The third kappa shape index (κ3) is 5.57. The summed E-state index contributed by atoms with van der Waals surface area (Å²) in [4.78, 5) is 22.0. The first-order valence-corrected chi connectivity index (χ1v) is 11.3. The average Bonchev–Trinajstić information content (AvgIpc) is 2.80. The lowest BCUT2D eigenvalue weighted by molar-refractivity contribution is -0.133. The van der Waals surface area contributed by atoms with E-state index in [9.17, 15) is 4.79 Å². The van der Waals surface area contributed by atoms with E-state index < -0.39 is 0 Å². The first kappa shape index (κ1) is 21.7. The number of hydrogen-bond donors (Lipinski definition) is 0. The Labute approximate surface area is 186 Å². The van der Waals surface area contributed by atoms with Crippen molar-refractivity contribution in [3.63, 3.8) is 0 Å². The Morgan fingerprint density at radius 1 is 0.871 bits per heavy atom. The molecule has 0 unspecified atom stereocenters. The van der Waals surface area contributed by atoms with Crippen molar-refractivity contribution in [3.05, 3.63) is 59.7 Å². The molecule has 4 rings (SSSR count). The summed E-state index contributed by atoms with van der Waals surface area (Å²) in [5.41, 5.74) is 3.80. The molecule has 6 nitrogen and oxygen atoms in total. The van der Waals surface area contributed by atoms with Crippen LogP contribution in [-0.2, 0) is 11.3 Å². The number of rotatable bonds is 6. The van der Waals surface area contributed by atoms with Gasteiger partial charge < -0.3 is 14.5 Å². The quantitative estimate of drug-likeness (QED) is 0.715. The summed E-state index contributed by atoms with van der Waals surface area (Å²) in [7, 11) is 1.71. The maximum Gasteiger partial charge on any atom is 0.236 e. The van der Waals surface area contributed by atoms with Crippen LogP contribution in [0.1, 0.15) is 11.1 Å². The summed E-state index contributed by atoms with van der Waals surface area (Å²) in [6.07, 6.45) is 0. The number of para-hydroxylation sites is 2. The van der Waals surface area contributed by atoms with E-state index in [1.807, 2.05) is 23.1 Å². The fourth-order valence-corrected chi connectivity index (χ4v) is 4.55. The molecule has 0 spiro atoms. The van der Waals surface area contributed by atoms with Crippen LogP contribution in [0.25, 0.3) is 0 Å². The molecule has 0 saturated carbocycles. The van der Waals surface area contributed by atoms with Gasteiger partial charge in [-0.2, -0.15) is 0 Å². The lowest BCUT2D eigenvalue weighted by Crippen LogP contribution is -2.53. The summed E-state index contributed by atoms with van der Waals surface area (Å²) >= 11 is 0. The van der Waals surface area contributed by atoms with Crippen molar-refractivity contribution >= 4 is 11.6 Å². The number of carbonyl (C=O) groups excluding carboxylic acids is 1. The molecule has 2 aliphatic heterocycles. The second kappa shape index (κ2) is 10.2. The van der Waals surface area contributed by atoms with Crippen molar-refractivity contribution in [2.24, 2.45) is 0 Å². The molecule has 0 bridgehead atoms. The zero-order valence-corrected chi connectivity index (χ0v) is 18.8. The molecule has 166 valence electrons. The second-order valence-electron chi connectivity index (χ2n) is 8.58. The van der Waals surface area contributed by atoms with Crippen LogP contribution in [-0.4, -0.2) is 86.6 Å². The second-order valence-corrected chi connectivity index (χ2v) is 8.58. The maximum atomic E-state index is 12.9. The van der Waals surface area contributed by atoms with Gasteiger partial charge in [0.15, 0.2) is 0 Å². The minimum atomic E-state index is 0.256. The Kier molecular flexibility index (Phi) is 7.10. The molecule has 2 heterocycles. The number of methoxy groups -OCH3 is 1. The van der Waals surface area contributed by atoms with E-state index in [1.165, 1.54) is 11.1 Å². The molecule has 2 aliphatic rings. The number of benzene rings is 2. The Hall–Kier alpha value is -2.57. The number of amides is 1. The molecule has 31 heavy (non-hydrogen) atoms. The molecule has 0 N–H and O–H groups in total. The van der Waals surface area contributed by atoms with E-state index in [-0.39, 0.29) is 5.91 Å². The van der Waals surface area contributed by atoms with Gasteiger partial charge >= 0.3 is 0 Å². The van der Waals surface area contributed by atoms with Crippen molar-refractivity contribution in [1.82, 2.24) is 14.7 Å². The summed E-state index contributed by atoms with van der Waals surface area (Å²) in [6.45, 7) is 10.8. The van der Waals surface area contributed by atoms with Crippen LogP contribution in [0.15, 0.2) is 48.5 Å². The molecule has 6 heteroatoms. The highest BCUT2D eigenvalue weighted by Gasteiger charge is 2.25. The largest absolute Gasteiger partial charge is 0.495 e. The number of anilines is 1. The highest BCUT2D eigenvalue weighted by Crippen LogP contribution is 2.28. The normalized spacial score (nSPS) is 18.3. The molecule has 0 aromatic heterocycles. The Bertz CT molecular complexity index is 871. The first-order chi connectivity index (χ1) is 15.1. The molecule has 2 saturated heterocycles. The van der Waals surface area contributed by atoms with Gasteiger partial charge in [-0.3, -0.25) is 14.6 Å². The SMILES string of the molecule is COc1ccccc1N1CCN(C(=O)CN2CCN(Cc3cccc(C)c3)CC2)CC1. The van der Waals surface area contributed by atoms with Gasteiger partial charge in [0.25, 0.3) is 0 Å². The maximum absolute atomic E-state index is 12.9. The molecule has 0 atom stereocenters. The summed E-state index contributed by atoms with van der Waals surface area (Å²) < 4.78 is 5.49. The average molecular weight is 423 g/mol. The van der Waals surface area contributed by atoms with Gasteiger partial charge in [0, 0.05) is 58.9 Å². The highest BCUT2D eigenvalue weighted by atomic mass is 16.5. The molecule has 2 fully saturated rings. The fourth-order valence-electron chi connectivity index (χ4n) is 4.55. The van der Waals surface area contributed by atoms with Crippen LogP contribution in [0.2, 0.25) is 0 Å². The molecule has 0 radical (unpaired) electrons.